The zero-order valence-electron chi connectivity index (χ0n) is 15.2. The molecule has 2 aromatic heterocycles. The summed E-state index contributed by atoms with van der Waals surface area (Å²) in [6, 6.07) is 7.88. The molecule has 0 bridgehead atoms. The van der Waals surface area contributed by atoms with Gasteiger partial charge in [0.15, 0.2) is 5.76 Å². The van der Waals surface area contributed by atoms with Gasteiger partial charge in [0.1, 0.15) is 12.4 Å². The number of pyridine rings is 1. The molecule has 26 heavy (non-hydrogen) atoms. The second-order valence-electron chi connectivity index (χ2n) is 6.64. The van der Waals surface area contributed by atoms with Crippen molar-refractivity contribution in [2.75, 3.05) is 19.0 Å². The maximum atomic E-state index is 6.16. The molecule has 1 aliphatic rings. The Morgan fingerprint density at radius 1 is 1.08 bits per heavy atom. The van der Waals surface area contributed by atoms with E-state index in [9.17, 15) is 0 Å². The molecule has 0 unspecified atom stereocenters. The smallest absolute Gasteiger partial charge is 0.166 e. The van der Waals surface area contributed by atoms with Crippen LogP contribution >= 0.6 is 11.6 Å². The molecule has 0 saturated carbocycles. The number of nitrogens with zero attached hydrogens (tertiary/aromatic N) is 4. The SMILES string of the molecule is Cc1cc(Cl)ccc1C1=NCc2onc(C)c2-c2ccnc(N(C)C)c21. The van der Waals surface area contributed by atoms with Crippen LogP contribution in [0.3, 0.4) is 0 Å². The summed E-state index contributed by atoms with van der Waals surface area (Å²) in [5, 5.41) is 4.86. The normalized spacial score (nSPS) is 12.9. The average Bonchev–Trinajstić information content (AvgIpc) is 2.88. The Kier molecular flexibility index (Phi) is 4.04. The van der Waals surface area contributed by atoms with E-state index in [1.165, 1.54) is 0 Å². The molecule has 0 atom stereocenters. The van der Waals surface area contributed by atoms with E-state index in [0.717, 1.165) is 50.8 Å². The lowest BCUT2D eigenvalue weighted by Crippen LogP contribution is -2.18. The van der Waals surface area contributed by atoms with Crippen molar-refractivity contribution in [3.63, 3.8) is 0 Å². The highest BCUT2D eigenvalue weighted by Gasteiger charge is 2.28. The van der Waals surface area contributed by atoms with Gasteiger partial charge in [-0.25, -0.2) is 4.98 Å². The molecule has 0 saturated heterocycles. The molecule has 3 heterocycles. The summed E-state index contributed by atoms with van der Waals surface area (Å²) in [5.74, 6) is 1.64. The van der Waals surface area contributed by atoms with Gasteiger partial charge in [0, 0.05) is 36.4 Å². The van der Waals surface area contributed by atoms with Crippen molar-refractivity contribution < 1.29 is 4.52 Å². The molecule has 0 fully saturated rings. The van der Waals surface area contributed by atoms with E-state index in [-0.39, 0.29) is 0 Å². The van der Waals surface area contributed by atoms with Gasteiger partial charge in [-0.1, -0.05) is 22.8 Å². The number of fused-ring (bicyclic) bond motifs is 3. The van der Waals surface area contributed by atoms with Crippen LogP contribution in [0.2, 0.25) is 5.02 Å². The maximum Gasteiger partial charge on any atom is 0.166 e. The number of halogens is 1. The minimum atomic E-state index is 0.440. The molecule has 132 valence electrons. The van der Waals surface area contributed by atoms with E-state index in [1.54, 1.807) is 0 Å². The molecule has 4 rings (SSSR count). The molecule has 6 heteroatoms. The Morgan fingerprint density at radius 3 is 2.62 bits per heavy atom. The van der Waals surface area contributed by atoms with Crippen LogP contribution in [-0.4, -0.2) is 29.9 Å². The van der Waals surface area contributed by atoms with Gasteiger partial charge in [0.05, 0.1) is 22.5 Å². The number of hydrogen-bond acceptors (Lipinski definition) is 5. The Morgan fingerprint density at radius 2 is 1.88 bits per heavy atom. The number of anilines is 1. The molecule has 3 aromatic rings. The van der Waals surface area contributed by atoms with Gasteiger partial charge in [0.2, 0.25) is 0 Å². The lowest BCUT2D eigenvalue weighted by Gasteiger charge is -2.20. The zero-order chi connectivity index (χ0) is 18.4. The minimum Gasteiger partial charge on any atom is -0.362 e. The van der Waals surface area contributed by atoms with Crippen LogP contribution in [0.15, 0.2) is 40.0 Å². The lowest BCUT2D eigenvalue weighted by molar-refractivity contribution is 0.382. The molecule has 1 aliphatic heterocycles. The lowest BCUT2D eigenvalue weighted by atomic mass is 9.92. The minimum absolute atomic E-state index is 0.440. The van der Waals surface area contributed by atoms with Crippen LogP contribution in [0.1, 0.15) is 28.1 Å². The van der Waals surface area contributed by atoms with Gasteiger partial charge < -0.3 is 9.42 Å². The summed E-state index contributed by atoms with van der Waals surface area (Å²) in [7, 11) is 3.97. The Hall–Kier alpha value is -2.66. The Labute approximate surface area is 157 Å². The van der Waals surface area contributed by atoms with E-state index >= 15 is 0 Å². The second kappa shape index (κ2) is 6.25. The number of aliphatic imine (C=N–C) groups is 1. The third-order valence-electron chi connectivity index (χ3n) is 4.62. The van der Waals surface area contributed by atoms with Crippen LogP contribution in [0.4, 0.5) is 5.82 Å². The van der Waals surface area contributed by atoms with Crippen molar-refractivity contribution in [1.82, 2.24) is 10.1 Å². The van der Waals surface area contributed by atoms with Gasteiger partial charge in [-0.15, -0.1) is 0 Å². The van der Waals surface area contributed by atoms with Gasteiger partial charge in [-0.2, -0.15) is 0 Å². The van der Waals surface area contributed by atoms with Crippen molar-refractivity contribution in [3.05, 3.63) is 63.6 Å². The van der Waals surface area contributed by atoms with Crippen molar-refractivity contribution in [1.29, 1.82) is 0 Å². The maximum absolute atomic E-state index is 6.16. The van der Waals surface area contributed by atoms with Crippen LogP contribution in [0, 0.1) is 13.8 Å². The molecule has 0 radical (unpaired) electrons. The second-order valence-corrected chi connectivity index (χ2v) is 7.08. The van der Waals surface area contributed by atoms with E-state index < -0.39 is 0 Å². The molecular weight excluding hydrogens is 348 g/mol. The number of benzene rings is 1. The first-order valence-electron chi connectivity index (χ1n) is 8.40. The number of aryl methyl sites for hydroxylation is 2. The fourth-order valence-electron chi connectivity index (χ4n) is 3.44. The van der Waals surface area contributed by atoms with Crippen LogP contribution in [-0.2, 0) is 6.54 Å². The first-order valence-corrected chi connectivity index (χ1v) is 8.78. The van der Waals surface area contributed by atoms with Crippen molar-refractivity contribution in [2.45, 2.75) is 20.4 Å². The summed E-state index contributed by atoms with van der Waals surface area (Å²) >= 11 is 6.16. The average molecular weight is 367 g/mol. The largest absolute Gasteiger partial charge is 0.362 e. The molecule has 0 spiro atoms. The van der Waals surface area contributed by atoms with E-state index in [4.69, 9.17) is 21.1 Å². The highest BCUT2D eigenvalue weighted by molar-refractivity contribution is 6.31. The van der Waals surface area contributed by atoms with E-state index in [2.05, 4.69) is 10.1 Å². The Bertz CT molecular complexity index is 1040. The monoisotopic (exact) mass is 366 g/mol. The number of rotatable bonds is 2. The first kappa shape index (κ1) is 16.8. The predicted octanol–water partition coefficient (Wildman–Crippen LogP) is 4.42. The van der Waals surface area contributed by atoms with Crippen LogP contribution in [0.25, 0.3) is 11.1 Å². The quantitative estimate of drug-likeness (QED) is 0.673. The Balaban J connectivity index is 2.06. The van der Waals surface area contributed by atoms with Gasteiger partial charge in [-0.05, 0) is 37.6 Å². The highest BCUT2D eigenvalue weighted by Crippen LogP contribution is 2.38. The predicted molar refractivity (Wildman–Crippen MR) is 104 cm³/mol. The fourth-order valence-corrected chi connectivity index (χ4v) is 3.67. The first-order chi connectivity index (χ1) is 12.5. The molecule has 0 aliphatic carbocycles. The fraction of sp³-hybridized carbons (Fsp3) is 0.250. The third kappa shape index (κ3) is 2.59. The van der Waals surface area contributed by atoms with Crippen molar-refractivity contribution in [3.8, 4) is 11.1 Å². The van der Waals surface area contributed by atoms with Gasteiger partial charge in [0.25, 0.3) is 0 Å². The van der Waals surface area contributed by atoms with E-state index in [1.807, 2.05) is 63.3 Å². The van der Waals surface area contributed by atoms with Crippen LogP contribution in [0.5, 0.6) is 0 Å². The van der Waals surface area contributed by atoms with Gasteiger partial charge in [-0.3, -0.25) is 4.99 Å². The summed E-state index contributed by atoms with van der Waals surface area (Å²) in [6.07, 6.45) is 1.82. The van der Waals surface area contributed by atoms with E-state index in [0.29, 0.717) is 11.6 Å². The number of aromatic nitrogens is 2. The zero-order valence-corrected chi connectivity index (χ0v) is 15.9. The molecular formula is C20H19ClN4O. The molecule has 0 N–H and O–H groups in total. The molecule has 1 aromatic carbocycles. The molecule has 0 amide bonds. The van der Waals surface area contributed by atoms with Crippen molar-refractivity contribution >= 4 is 23.1 Å². The molecule has 5 nitrogen and oxygen atoms in total. The summed E-state index contributed by atoms with van der Waals surface area (Å²) in [5.41, 5.74) is 6.93. The highest BCUT2D eigenvalue weighted by atomic mass is 35.5. The van der Waals surface area contributed by atoms with Gasteiger partial charge >= 0.3 is 0 Å². The van der Waals surface area contributed by atoms with Crippen LogP contribution < -0.4 is 4.90 Å². The topological polar surface area (TPSA) is 54.5 Å². The third-order valence-corrected chi connectivity index (χ3v) is 4.85. The summed E-state index contributed by atoms with van der Waals surface area (Å²) in [6.45, 7) is 4.44. The standard InChI is InChI=1S/C20H19ClN4O/c1-11-9-13(21)5-6-14(11)19-18-15(7-8-22-20(18)25(3)4)17-12(2)24-26-16(17)10-23-19/h5-9H,10H2,1-4H3. The summed E-state index contributed by atoms with van der Waals surface area (Å²) in [4.78, 5) is 11.5. The number of hydrogen-bond donors (Lipinski definition) is 0. The summed E-state index contributed by atoms with van der Waals surface area (Å²) < 4.78 is 5.55. The van der Waals surface area contributed by atoms with Crippen molar-refractivity contribution in [2.24, 2.45) is 4.99 Å².